The number of amides is 2. The maximum absolute atomic E-state index is 12.5. The molecule has 0 saturated carbocycles. The molecular formula is C24H17Cl2N3O4S. The van der Waals surface area contributed by atoms with Crippen molar-refractivity contribution in [1.29, 1.82) is 0 Å². The van der Waals surface area contributed by atoms with Crippen LogP contribution in [0, 0.1) is 0 Å². The van der Waals surface area contributed by atoms with Crippen LogP contribution in [0.15, 0.2) is 71.1 Å². The van der Waals surface area contributed by atoms with E-state index in [0.717, 1.165) is 5.39 Å². The van der Waals surface area contributed by atoms with Gasteiger partial charge < -0.3 is 19.8 Å². The Morgan fingerprint density at radius 2 is 1.50 bits per heavy atom. The van der Waals surface area contributed by atoms with E-state index in [1.54, 1.807) is 36.4 Å². The lowest BCUT2D eigenvalue weighted by Gasteiger charge is -2.12. The summed E-state index contributed by atoms with van der Waals surface area (Å²) in [4.78, 5) is 24.9. The number of ether oxygens (including phenoxy) is 1. The van der Waals surface area contributed by atoms with Gasteiger partial charge in [0.25, 0.3) is 11.8 Å². The van der Waals surface area contributed by atoms with Gasteiger partial charge in [-0.25, -0.2) is 0 Å². The highest BCUT2D eigenvalue weighted by atomic mass is 35.5. The number of methoxy groups -OCH3 is 1. The normalized spacial score (nSPS) is 10.6. The SMILES string of the molecule is COc1c(Cl)cc(C(=O)NC(=S)Nc2ccc(NC(=O)c3cc4ccccc4o3)cc2)cc1Cl. The molecule has 34 heavy (non-hydrogen) atoms. The number of furan rings is 1. The number of fused-ring (bicyclic) bond motifs is 1. The molecular weight excluding hydrogens is 497 g/mol. The van der Waals surface area contributed by atoms with Crippen LogP contribution >= 0.6 is 35.4 Å². The third kappa shape index (κ3) is 5.31. The second-order valence-electron chi connectivity index (χ2n) is 7.06. The van der Waals surface area contributed by atoms with Crippen LogP contribution in [-0.4, -0.2) is 24.0 Å². The number of thiocarbonyl (C=S) groups is 1. The Morgan fingerprint density at radius 1 is 0.882 bits per heavy atom. The number of nitrogens with one attached hydrogen (secondary N) is 3. The fraction of sp³-hybridized carbons (Fsp3) is 0.0417. The van der Waals surface area contributed by atoms with E-state index in [-0.39, 0.29) is 38.1 Å². The molecule has 0 aliphatic rings. The lowest BCUT2D eigenvalue weighted by Crippen LogP contribution is -2.34. The number of para-hydroxylation sites is 1. The van der Waals surface area contributed by atoms with E-state index < -0.39 is 5.91 Å². The van der Waals surface area contributed by atoms with E-state index in [4.69, 9.17) is 44.6 Å². The van der Waals surface area contributed by atoms with Crippen LogP contribution in [0.3, 0.4) is 0 Å². The Labute approximate surface area is 210 Å². The van der Waals surface area contributed by atoms with Crippen LogP contribution < -0.4 is 20.7 Å². The molecule has 2 amide bonds. The summed E-state index contributed by atoms with van der Waals surface area (Å²) in [6.07, 6.45) is 0. The van der Waals surface area contributed by atoms with Gasteiger partial charge in [-0.05, 0) is 60.7 Å². The van der Waals surface area contributed by atoms with Crippen molar-refractivity contribution in [2.45, 2.75) is 0 Å². The predicted molar refractivity (Wildman–Crippen MR) is 137 cm³/mol. The summed E-state index contributed by atoms with van der Waals surface area (Å²) in [5.74, 6) is -0.353. The zero-order chi connectivity index (χ0) is 24.2. The molecule has 3 aromatic carbocycles. The second-order valence-corrected chi connectivity index (χ2v) is 8.28. The van der Waals surface area contributed by atoms with Crippen molar-refractivity contribution < 1.29 is 18.7 Å². The Balaban J connectivity index is 1.35. The molecule has 0 fully saturated rings. The summed E-state index contributed by atoms with van der Waals surface area (Å²) in [6.45, 7) is 0. The quantitative estimate of drug-likeness (QED) is 0.278. The molecule has 3 N–H and O–H groups in total. The topological polar surface area (TPSA) is 92.6 Å². The summed E-state index contributed by atoms with van der Waals surface area (Å²) in [5.41, 5.74) is 2.04. The lowest BCUT2D eigenvalue weighted by molar-refractivity contribution is 0.0975. The average molecular weight is 514 g/mol. The van der Waals surface area contributed by atoms with Crippen molar-refractivity contribution in [3.05, 3.63) is 88.1 Å². The minimum absolute atomic E-state index is 0.0760. The minimum atomic E-state index is -0.487. The number of rotatable bonds is 5. The standard InChI is InChI=1S/C24H17Cl2N3O4S/c1-32-21-17(25)10-14(11-18(21)26)22(30)29-24(34)28-16-8-6-15(7-9-16)27-23(31)20-12-13-4-2-3-5-19(13)33-20/h2-12H,1H3,(H,27,31)(H2,28,29,30,34). The first kappa shape index (κ1) is 23.6. The van der Waals surface area contributed by atoms with Crippen LogP contribution in [0.4, 0.5) is 11.4 Å². The van der Waals surface area contributed by atoms with Gasteiger partial charge in [0.2, 0.25) is 0 Å². The highest BCUT2D eigenvalue weighted by Gasteiger charge is 2.15. The van der Waals surface area contributed by atoms with Gasteiger partial charge in [-0.2, -0.15) is 0 Å². The zero-order valence-corrected chi connectivity index (χ0v) is 20.0. The van der Waals surface area contributed by atoms with E-state index >= 15 is 0 Å². The smallest absolute Gasteiger partial charge is 0.291 e. The molecule has 1 heterocycles. The second kappa shape index (κ2) is 10.1. The van der Waals surface area contributed by atoms with Crippen LogP contribution in [-0.2, 0) is 0 Å². The highest BCUT2D eigenvalue weighted by Crippen LogP contribution is 2.33. The molecule has 0 unspecified atom stereocenters. The number of carbonyl (C=O) groups excluding carboxylic acids is 2. The van der Waals surface area contributed by atoms with Crippen LogP contribution in [0.1, 0.15) is 20.9 Å². The monoisotopic (exact) mass is 513 g/mol. The van der Waals surface area contributed by atoms with E-state index in [0.29, 0.717) is 17.0 Å². The fourth-order valence-corrected chi connectivity index (χ4v) is 4.00. The highest BCUT2D eigenvalue weighted by molar-refractivity contribution is 7.80. The molecule has 172 valence electrons. The van der Waals surface area contributed by atoms with Gasteiger partial charge in [-0.15, -0.1) is 0 Å². The van der Waals surface area contributed by atoms with Crippen LogP contribution in [0.25, 0.3) is 11.0 Å². The summed E-state index contributed by atoms with van der Waals surface area (Å²) < 4.78 is 10.7. The molecule has 0 saturated heterocycles. The Kier molecular flexibility index (Phi) is 7.02. The molecule has 0 spiro atoms. The summed E-state index contributed by atoms with van der Waals surface area (Å²) in [6, 6.07) is 18.7. The van der Waals surface area contributed by atoms with E-state index in [2.05, 4.69) is 16.0 Å². The number of halogens is 2. The Morgan fingerprint density at radius 3 is 2.12 bits per heavy atom. The molecule has 10 heteroatoms. The molecule has 0 aliphatic heterocycles. The molecule has 4 rings (SSSR count). The van der Waals surface area contributed by atoms with E-state index in [1.807, 2.05) is 18.2 Å². The summed E-state index contributed by atoms with van der Waals surface area (Å²) in [7, 11) is 1.43. The van der Waals surface area contributed by atoms with Crippen molar-refractivity contribution in [1.82, 2.24) is 5.32 Å². The molecule has 0 bridgehead atoms. The van der Waals surface area contributed by atoms with Gasteiger partial charge in [0.15, 0.2) is 16.6 Å². The number of hydrogen-bond acceptors (Lipinski definition) is 5. The van der Waals surface area contributed by atoms with Crippen LogP contribution in [0.2, 0.25) is 10.0 Å². The maximum atomic E-state index is 12.5. The van der Waals surface area contributed by atoms with Gasteiger partial charge in [-0.3, -0.25) is 14.9 Å². The first-order chi connectivity index (χ1) is 16.3. The number of carbonyl (C=O) groups is 2. The molecule has 0 aliphatic carbocycles. The molecule has 7 nitrogen and oxygen atoms in total. The summed E-state index contributed by atoms with van der Waals surface area (Å²) >= 11 is 17.4. The van der Waals surface area contributed by atoms with Crippen LogP contribution in [0.5, 0.6) is 5.75 Å². The lowest BCUT2D eigenvalue weighted by atomic mass is 10.2. The molecule has 0 atom stereocenters. The third-order valence-corrected chi connectivity index (χ3v) is 5.51. The Bertz CT molecular complexity index is 1350. The van der Waals surface area contributed by atoms with Gasteiger partial charge in [0.1, 0.15) is 5.58 Å². The largest absolute Gasteiger partial charge is 0.494 e. The van der Waals surface area contributed by atoms with Crippen molar-refractivity contribution >= 4 is 74.7 Å². The van der Waals surface area contributed by atoms with Gasteiger partial charge in [0.05, 0.1) is 17.2 Å². The third-order valence-electron chi connectivity index (χ3n) is 4.74. The number of benzene rings is 3. The minimum Gasteiger partial charge on any atom is -0.494 e. The van der Waals surface area contributed by atoms with Gasteiger partial charge in [0, 0.05) is 22.3 Å². The Hall–Kier alpha value is -3.59. The summed E-state index contributed by atoms with van der Waals surface area (Å²) in [5, 5.41) is 9.58. The van der Waals surface area contributed by atoms with E-state index in [9.17, 15) is 9.59 Å². The van der Waals surface area contributed by atoms with Crippen molar-refractivity contribution in [2.75, 3.05) is 17.7 Å². The zero-order valence-electron chi connectivity index (χ0n) is 17.6. The molecule has 0 radical (unpaired) electrons. The van der Waals surface area contributed by atoms with Crippen molar-refractivity contribution in [3.63, 3.8) is 0 Å². The van der Waals surface area contributed by atoms with E-state index in [1.165, 1.54) is 19.2 Å². The van der Waals surface area contributed by atoms with Crippen molar-refractivity contribution in [2.24, 2.45) is 0 Å². The first-order valence-corrected chi connectivity index (χ1v) is 11.1. The fourth-order valence-electron chi connectivity index (χ4n) is 3.15. The molecule has 1 aromatic heterocycles. The molecule has 4 aromatic rings. The van der Waals surface area contributed by atoms with Crippen molar-refractivity contribution in [3.8, 4) is 5.75 Å². The van der Waals surface area contributed by atoms with Gasteiger partial charge in [-0.1, -0.05) is 41.4 Å². The van der Waals surface area contributed by atoms with Gasteiger partial charge >= 0.3 is 0 Å². The first-order valence-electron chi connectivity index (χ1n) is 9.89. The number of hydrogen-bond donors (Lipinski definition) is 3. The number of anilines is 2. The predicted octanol–water partition coefficient (Wildman–Crippen LogP) is 6.13. The maximum Gasteiger partial charge on any atom is 0.291 e. The average Bonchev–Trinajstić information content (AvgIpc) is 3.24.